The number of benzene rings is 3. The third-order valence-corrected chi connectivity index (χ3v) is 7.11. The molecule has 0 unspecified atom stereocenters. The number of amides is 1. The van der Waals surface area contributed by atoms with Crippen molar-refractivity contribution in [3.63, 3.8) is 0 Å². The van der Waals surface area contributed by atoms with Crippen LogP contribution in [0.4, 0.5) is 0 Å². The molecule has 1 N–H and O–H groups in total. The summed E-state index contributed by atoms with van der Waals surface area (Å²) in [6, 6.07) is 18.4. The molecule has 3 rings (SSSR count). The van der Waals surface area contributed by atoms with E-state index in [-0.39, 0.29) is 17.2 Å². The predicted molar refractivity (Wildman–Crippen MR) is 139 cm³/mol. The third kappa shape index (κ3) is 6.99. The molecular formula is C26H29N3O7S. The van der Waals surface area contributed by atoms with Gasteiger partial charge in [-0.15, -0.1) is 0 Å². The quantitative estimate of drug-likeness (QED) is 0.284. The van der Waals surface area contributed by atoms with Crippen molar-refractivity contribution in [1.82, 2.24) is 9.73 Å². The first-order valence-corrected chi connectivity index (χ1v) is 12.6. The first-order valence-electron chi connectivity index (χ1n) is 11.1. The molecule has 3 aromatic carbocycles. The molecule has 1 amide bonds. The van der Waals surface area contributed by atoms with E-state index in [9.17, 15) is 13.2 Å². The van der Waals surface area contributed by atoms with Crippen LogP contribution in [-0.2, 0) is 21.4 Å². The van der Waals surface area contributed by atoms with Crippen molar-refractivity contribution < 1.29 is 32.2 Å². The molecule has 10 nitrogen and oxygen atoms in total. The molecule has 0 aromatic heterocycles. The Morgan fingerprint density at radius 2 is 1.43 bits per heavy atom. The maximum atomic E-state index is 13.6. The highest BCUT2D eigenvalue weighted by atomic mass is 32.2. The van der Waals surface area contributed by atoms with Crippen molar-refractivity contribution in [3.05, 3.63) is 77.9 Å². The molecule has 3 aromatic rings. The van der Waals surface area contributed by atoms with Gasteiger partial charge in [0, 0.05) is 12.6 Å². The summed E-state index contributed by atoms with van der Waals surface area (Å²) in [5.41, 5.74) is 3.75. The molecule has 0 atom stereocenters. The second-order valence-electron chi connectivity index (χ2n) is 7.68. The van der Waals surface area contributed by atoms with Crippen molar-refractivity contribution in [2.75, 3.05) is 35.0 Å². The highest BCUT2D eigenvalue weighted by Gasteiger charge is 2.28. The Morgan fingerprint density at radius 3 is 2.05 bits per heavy atom. The summed E-state index contributed by atoms with van der Waals surface area (Å²) in [6.45, 7) is -0.487. The molecule has 0 heterocycles. The van der Waals surface area contributed by atoms with Gasteiger partial charge >= 0.3 is 0 Å². The van der Waals surface area contributed by atoms with E-state index in [1.54, 1.807) is 42.5 Å². The Labute approximate surface area is 216 Å². The van der Waals surface area contributed by atoms with Crippen LogP contribution < -0.4 is 24.4 Å². The number of sulfonamides is 1. The molecule has 0 saturated carbocycles. The van der Waals surface area contributed by atoms with E-state index in [0.29, 0.717) is 28.4 Å². The van der Waals surface area contributed by atoms with E-state index in [0.717, 1.165) is 4.31 Å². The van der Waals surface area contributed by atoms with Crippen molar-refractivity contribution in [2.24, 2.45) is 5.10 Å². The van der Waals surface area contributed by atoms with Crippen molar-refractivity contribution in [3.8, 4) is 23.0 Å². The molecule has 0 aliphatic heterocycles. The van der Waals surface area contributed by atoms with Gasteiger partial charge < -0.3 is 18.9 Å². The first kappa shape index (κ1) is 27.5. The van der Waals surface area contributed by atoms with Crippen LogP contribution >= 0.6 is 0 Å². The molecule has 37 heavy (non-hydrogen) atoms. The smallest absolute Gasteiger partial charge is 0.255 e. The summed E-state index contributed by atoms with van der Waals surface area (Å²) in [5.74, 6) is 1.09. The van der Waals surface area contributed by atoms with Crippen molar-refractivity contribution >= 4 is 22.1 Å². The first-order chi connectivity index (χ1) is 17.8. The Hall–Kier alpha value is -4.09. The topological polar surface area (TPSA) is 116 Å². The number of hydrogen-bond donors (Lipinski definition) is 1. The maximum absolute atomic E-state index is 13.6. The SMILES string of the molecule is COc1ccc(/C=N\NC(=O)CN(Cc2ccccc2)S(=O)(=O)c2ccc(OC)c(OC)c2)cc1OC. The number of nitrogens with one attached hydrogen (secondary N) is 1. The zero-order chi connectivity index (χ0) is 26.8. The zero-order valence-electron chi connectivity index (χ0n) is 21.0. The fourth-order valence-corrected chi connectivity index (χ4v) is 4.85. The molecule has 0 radical (unpaired) electrons. The Kier molecular flexibility index (Phi) is 9.47. The Balaban J connectivity index is 1.82. The number of methoxy groups -OCH3 is 4. The minimum absolute atomic E-state index is 0.0235. The van der Waals surface area contributed by atoms with Crippen LogP contribution in [0.3, 0.4) is 0 Å². The van der Waals surface area contributed by atoms with E-state index >= 15 is 0 Å². The normalized spacial score (nSPS) is 11.4. The predicted octanol–water partition coefficient (Wildman–Crippen LogP) is 3.06. The van der Waals surface area contributed by atoms with Crippen molar-refractivity contribution in [2.45, 2.75) is 11.4 Å². The summed E-state index contributed by atoms with van der Waals surface area (Å²) in [4.78, 5) is 12.7. The van der Waals surface area contributed by atoms with Gasteiger partial charge in [-0.25, -0.2) is 13.8 Å². The summed E-state index contributed by atoms with van der Waals surface area (Å²) in [5, 5.41) is 3.96. The van der Waals surface area contributed by atoms with Gasteiger partial charge in [0.25, 0.3) is 5.91 Å². The number of ether oxygens (including phenoxy) is 4. The van der Waals surface area contributed by atoms with Gasteiger partial charge in [0.2, 0.25) is 10.0 Å². The second kappa shape index (κ2) is 12.7. The van der Waals surface area contributed by atoms with E-state index in [1.807, 2.05) is 6.07 Å². The van der Waals surface area contributed by atoms with E-state index in [4.69, 9.17) is 18.9 Å². The van der Waals surface area contributed by atoms with E-state index in [2.05, 4.69) is 10.5 Å². The molecule has 0 saturated heterocycles. The molecule has 11 heteroatoms. The minimum atomic E-state index is -4.09. The standard InChI is InChI=1S/C26H29N3O7S/c1-33-22-12-10-20(14-24(22)35-3)16-27-28-26(30)18-29(17-19-8-6-5-7-9-19)37(31,32)21-11-13-23(34-2)25(15-21)36-4/h5-16H,17-18H2,1-4H3,(H,28,30)/b27-16-. The molecule has 196 valence electrons. The summed E-state index contributed by atoms with van der Waals surface area (Å²) in [6.07, 6.45) is 1.42. The van der Waals surface area contributed by atoms with Gasteiger partial charge in [-0.1, -0.05) is 30.3 Å². The average molecular weight is 528 g/mol. The lowest BCUT2D eigenvalue weighted by atomic mass is 10.2. The fourth-order valence-electron chi connectivity index (χ4n) is 3.45. The largest absolute Gasteiger partial charge is 0.493 e. The van der Waals surface area contributed by atoms with Crippen LogP contribution in [0.2, 0.25) is 0 Å². The maximum Gasteiger partial charge on any atom is 0.255 e. The number of carbonyl (C=O) groups excluding carboxylic acids is 1. The molecular weight excluding hydrogens is 498 g/mol. The van der Waals surface area contributed by atoms with Gasteiger partial charge in [-0.05, 0) is 41.5 Å². The monoisotopic (exact) mass is 527 g/mol. The highest BCUT2D eigenvalue weighted by Crippen LogP contribution is 2.31. The summed E-state index contributed by atoms with van der Waals surface area (Å²) in [7, 11) is 1.83. The average Bonchev–Trinajstić information content (AvgIpc) is 2.92. The lowest BCUT2D eigenvalue weighted by Gasteiger charge is -2.22. The minimum Gasteiger partial charge on any atom is -0.493 e. The highest BCUT2D eigenvalue weighted by molar-refractivity contribution is 7.89. The molecule has 0 aliphatic carbocycles. The summed E-state index contributed by atoms with van der Waals surface area (Å²) >= 11 is 0. The summed E-state index contributed by atoms with van der Waals surface area (Å²) < 4.78 is 49.1. The van der Waals surface area contributed by atoms with Crippen LogP contribution in [0.5, 0.6) is 23.0 Å². The lowest BCUT2D eigenvalue weighted by Crippen LogP contribution is -2.39. The zero-order valence-corrected chi connectivity index (χ0v) is 21.8. The van der Waals surface area contributed by atoms with Gasteiger partial charge in [-0.2, -0.15) is 9.41 Å². The number of nitrogens with zero attached hydrogens (tertiary/aromatic N) is 2. The molecule has 0 fully saturated rings. The van der Waals surface area contributed by atoms with Crippen LogP contribution in [0, 0.1) is 0 Å². The van der Waals surface area contributed by atoms with Crippen molar-refractivity contribution in [1.29, 1.82) is 0 Å². The Morgan fingerprint density at radius 1 is 0.838 bits per heavy atom. The fraction of sp³-hybridized carbons (Fsp3) is 0.231. The number of rotatable bonds is 12. The van der Waals surface area contributed by atoms with Crippen LogP contribution in [0.15, 0.2) is 76.7 Å². The van der Waals surface area contributed by atoms with Gasteiger partial charge in [0.05, 0.1) is 46.1 Å². The molecule has 0 spiro atoms. The van der Waals surface area contributed by atoms with E-state index in [1.165, 1.54) is 52.9 Å². The van der Waals surface area contributed by atoms with Crippen LogP contribution in [0.25, 0.3) is 0 Å². The number of hydrogen-bond acceptors (Lipinski definition) is 8. The number of hydrazone groups is 1. The van der Waals surface area contributed by atoms with E-state index < -0.39 is 22.5 Å². The molecule has 0 aliphatic rings. The second-order valence-corrected chi connectivity index (χ2v) is 9.62. The third-order valence-electron chi connectivity index (χ3n) is 5.32. The van der Waals surface area contributed by atoms with Crippen LogP contribution in [-0.4, -0.2) is 59.8 Å². The van der Waals surface area contributed by atoms with Gasteiger partial charge in [0.15, 0.2) is 23.0 Å². The molecule has 0 bridgehead atoms. The van der Waals surface area contributed by atoms with Gasteiger partial charge in [0.1, 0.15) is 0 Å². The van der Waals surface area contributed by atoms with Crippen LogP contribution in [0.1, 0.15) is 11.1 Å². The van der Waals surface area contributed by atoms with Gasteiger partial charge in [-0.3, -0.25) is 4.79 Å². The lowest BCUT2D eigenvalue weighted by molar-refractivity contribution is -0.121. The number of carbonyl (C=O) groups is 1. The Bertz CT molecular complexity index is 1350.